The fourth-order valence-corrected chi connectivity index (χ4v) is 3.54. The van der Waals surface area contributed by atoms with Crippen LogP contribution in [-0.4, -0.2) is 16.4 Å². The molecular weight excluding hydrogens is 477 g/mol. The number of aromatic nitrogens is 1. The molecule has 0 aliphatic carbocycles. The molecule has 2 aromatic carbocycles. The number of carbonyl (C=O) groups is 1. The Morgan fingerprint density at radius 1 is 1.09 bits per heavy atom. The first kappa shape index (κ1) is 24.6. The number of aryl methyl sites for hydroxylation is 1. The molecule has 0 fully saturated rings. The largest absolute Gasteiger partial charge is 0.498 e. The molecule has 10 heteroatoms. The number of halogens is 4. The van der Waals surface area contributed by atoms with Gasteiger partial charge in [0.1, 0.15) is 16.5 Å². The van der Waals surface area contributed by atoms with Crippen LogP contribution in [0, 0.1) is 6.92 Å². The molecule has 0 unspecified atom stereocenters. The number of amides is 1. The summed E-state index contributed by atoms with van der Waals surface area (Å²) in [5.74, 6) is 0.212. The molecule has 5 nitrogen and oxygen atoms in total. The number of hydrogen-bond donors (Lipinski definition) is 1. The van der Waals surface area contributed by atoms with E-state index in [1.807, 2.05) is 13.8 Å². The zero-order valence-corrected chi connectivity index (χ0v) is 19.4. The highest BCUT2D eigenvalue weighted by Gasteiger charge is 2.30. The Kier molecular flexibility index (Phi) is 7.65. The highest BCUT2D eigenvalue weighted by atomic mass is 35.5. The maximum atomic E-state index is 12.9. The number of carbonyl (C=O) groups excluding carboxylic acids is 1. The number of anilines is 1. The quantitative estimate of drug-likeness (QED) is 0.275. The number of benzene rings is 2. The van der Waals surface area contributed by atoms with E-state index in [2.05, 4.69) is 9.69 Å². The Balaban J connectivity index is 1.78. The van der Waals surface area contributed by atoms with Crippen molar-refractivity contribution in [1.82, 2.24) is 4.37 Å². The van der Waals surface area contributed by atoms with E-state index in [0.717, 1.165) is 23.7 Å². The van der Waals surface area contributed by atoms with Crippen molar-refractivity contribution >= 4 is 39.6 Å². The molecule has 3 rings (SSSR count). The Labute approximate surface area is 198 Å². The molecule has 1 amide bonds. The molecule has 1 N–H and O–H groups in total. The summed E-state index contributed by atoms with van der Waals surface area (Å²) in [6.07, 6.45) is -3.19. The van der Waals surface area contributed by atoms with Crippen molar-refractivity contribution in [2.75, 3.05) is 5.32 Å². The Bertz CT molecular complexity index is 1140. The van der Waals surface area contributed by atoms with Gasteiger partial charge >= 0.3 is 6.18 Å². The van der Waals surface area contributed by atoms with Gasteiger partial charge < -0.3 is 14.8 Å². The van der Waals surface area contributed by atoms with Crippen molar-refractivity contribution in [3.05, 3.63) is 76.6 Å². The summed E-state index contributed by atoms with van der Waals surface area (Å²) < 4.78 is 53.4. The van der Waals surface area contributed by atoms with Crippen LogP contribution >= 0.6 is 23.1 Å². The Morgan fingerprint density at radius 2 is 1.67 bits per heavy atom. The van der Waals surface area contributed by atoms with E-state index in [1.165, 1.54) is 18.4 Å². The summed E-state index contributed by atoms with van der Waals surface area (Å²) in [7, 11) is 0. The topological polar surface area (TPSA) is 60.5 Å². The van der Waals surface area contributed by atoms with Crippen molar-refractivity contribution in [3.8, 4) is 11.5 Å². The first-order valence-electron chi connectivity index (χ1n) is 9.79. The van der Waals surface area contributed by atoms with Gasteiger partial charge in [-0.25, -0.2) is 0 Å². The average Bonchev–Trinajstić information content (AvgIpc) is 3.06. The van der Waals surface area contributed by atoms with Gasteiger partial charge in [-0.1, -0.05) is 23.7 Å². The monoisotopic (exact) mass is 496 g/mol. The van der Waals surface area contributed by atoms with E-state index in [9.17, 15) is 18.0 Å². The maximum absolute atomic E-state index is 12.9. The van der Waals surface area contributed by atoms with Crippen molar-refractivity contribution in [2.45, 2.75) is 33.1 Å². The van der Waals surface area contributed by atoms with Gasteiger partial charge in [0.2, 0.25) is 0 Å². The fourth-order valence-electron chi connectivity index (χ4n) is 2.61. The van der Waals surface area contributed by atoms with Crippen LogP contribution in [0.2, 0.25) is 5.02 Å². The lowest BCUT2D eigenvalue weighted by Gasteiger charge is -2.12. The zero-order valence-electron chi connectivity index (χ0n) is 17.9. The van der Waals surface area contributed by atoms with Gasteiger partial charge in [0.25, 0.3) is 5.91 Å². The van der Waals surface area contributed by atoms with Gasteiger partial charge in [0, 0.05) is 0 Å². The molecule has 174 valence electrons. The number of rotatable bonds is 7. The van der Waals surface area contributed by atoms with Crippen LogP contribution in [0.25, 0.3) is 5.57 Å². The van der Waals surface area contributed by atoms with Gasteiger partial charge in [-0.15, -0.1) is 0 Å². The third-order valence-corrected chi connectivity index (χ3v) is 5.73. The van der Waals surface area contributed by atoms with Crippen LogP contribution in [0.15, 0.2) is 54.8 Å². The molecule has 1 aromatic heterocycles. The third-order valence-electron chi connectivity index (χ3n) is 4.30. The maximum Gasteiger partial charge on any atom is 0.416 e. The number of alkyl halides is 3. The Morgan fingerprint density at radius 3 is 2.15 bits per heavy atom. The van der Waals surface area contributed by atoms with Crippen LogP contribution in [0.3, 0.4) is 0 Å². The molecule has 0 radical (unpaired) electrons. The van der Waals surface area contributed by atoms with E-state index in [4.69, 9.17) is 21.1 Å². The highest BCUT2D eigenvalue weighted by molar-refractivity contribution is 7.11. The zero-order chi connectivity index (χ0) is 24.2. The molecule has 33 heavy (non-hydrogen) atoms. The van der Waals surface area contributed by atoms with Crippen LogP contribution in [0.4, 0.5) is 18.2 Å². The van der Waals surface area contributed by atoms with Gasteiger partial charge in [-0.05, 0) is 74.3 Å². The second kappa shape index (κ2) is 10.3. The number of nitrogens with one attached hydrogen (secondary N) is 1. The number of hydrogen-bond acceptors (Lipinski definition) is 5. The SMILES string of the molecule is Cc1nsc(NC(=O)/C(=C/OC(C)C)c2ccc(Oc3ccc(C(F)(F)F)cc3)cc2)c1Cl. The van der Waals surface area contributed by atoms with Crippen molar-refractivity contribution in [2.24, 2.45) is 0 Å². The molecule has 0 aliphatic heterocycles. The summed E-state index contributed by atoms with van der Waals surface area (Å²) in [6.45, 7) is 5.40. The predicted octanol–water partition coefficient (Wildman–Crippen LogP) is 7.32. The van der Waals surface area contributed by atoms with E-state index < -0.39 is 17.6 Å². The minimum atomic E-state index is -4.41. The fraction of sp³-hybridized carbons (Fsp3) is 0.217. The lowest BCUT2D eigenvalue weighted by Crippen LogP contribution is -2.14. The normalized spacial score (nSPS) is 12.1. The first-order chi connectivity index (χ1) is 15.5. The van der Waals surface area contributed by atoms with Gasteiger partial charge in [0.05, 0.1) is 34.2 Å². The van der Waals surface area contributed by atoms with Gasteiger partial charge in [-0.2, -0.15) is 17.5 Å². The lowest BCUT2D eigenvalue weighted by atomic mass is 10.1. The summed E-state index contributed by atoms with van der Waals surface area (Å²) in [5, 5.41) is 3.54. The second-order valence-electron chi connectivity index (χ2n) is 7.23. The highest BCUT2D eigenvalue weighted by Crippen LogP contribution is 2.33. The van der Waals surface area contributed by atoms with E-state index in [-0.39, 0.29) is 17.4 Å². The second-order valence-corrected chi connectivity index (χ2v) is 8.38. The van der Waals surface area contributed by atoms with Crippen LogP contribution < -0.4 is 10.1 Å². The molecule has 0 saturated carbocycles. The molecule has 0 atom stereocenters. The summed E-state index contributed by atoms with van der Waals surface area (Å²) in [5.41, 5.74) is 0.662. The minimum Gasteiger partial charge on any atom is -0.498 e. The molecule has 0 spiro atoms. The third kappa shape index (κ3) is 6.49. The van der Waals surface area contributed by atoms with Crippen molar-refractivity contribution in [1.29, 1.82) is 0 Å². The van der Waals surface area contributed by atoms with E-state index in [0.29, 0.717) is 27.0 Å². The first-order valence-corrected chi connectivity index (χ1v) is 10.9. The van der Waals surface area contributed by atoms with Crippen LogP contribution in [-0.2, 0) is 15.7 Å². The van der Waals surface area contributed by atoms with Gasteiger partial charge in [0.15, 0.2) is 0 Å². The smallest absolute Gasteiger partial charge is 0.416 e. The minimum absolute atomic E-state index is 0.149. The van der Waals surface area contributed by atoms with E-state index in [1.54, 1.807) is 31.2 Å². The van der Waals surface area contributed by atoms with E-state index >= 15 is 0 Å². The molecule has 1 heterocycles. The summed E-state index contributed by atoms with van der Waals surface area (Å²) in [6, 6.07) is 10.9. The van der Waals surface area contributed by atoms with Crippen LogP contribution in [0.1, 0.15) is 30.7 Å². The average molecular weight is 497 g/mol. The summed E-state index contributed by atoms with van der Waals surface area (Å²) in [4.78, 5) is 12.9. The standard InChI is InChI=1S/C23H20ClF3N2O3S/c1-13(2)31-12-19(21(30)28-22-20(24)14(3)29-33-22)15-4-8-17(9-5-15)32-18-10-6-16(7-11-18)23(25,26)27/h4-13H,1-3H3,(H,28,30)/b19-12+. The Hall–Kier alpha value is -3.04. The summed E-state index contributed by atoms with van der Waals surface area (Å²) >= 11 is 7.24. The molecular formula is C23H20ClF3N2O3S. The van der Waals surface area contributed by atoms with Crippen LogP contribution in [0.5, 0.6) is 11.5 Å². The number of ether oxygens (including phenoxy) is 2. The molecule has 0 bridgehead atoms. The van der Waals surface area contributed by atoms with Crippen molar-refractivity contribution in [3.63, 3.8) is 0 Å². The lowest BCUT2D eigenvalue weighted by molar-refractivity contribution is -0.137. The van der Waals surface area contributed by atoms with Crippen molar-refractivity contribution < 1.29 is 27.4 Å². The molecule has 3 aromatic rings. The molecule has 0 saturated heterocycles. The van der Waals surface area contributed by atoms with Gasteiger partial charge in [-0.3, -0.25) is 4.79 Å². The number of nitrogens with zero attached hydrogens (tertiary/aromatic N) is 1. The molecule has 0 aliphatic rings. The predicted molar refractivity (Wildman–Crippen MR) is 123 cm³/mol.